The number of carbonyl (C=O) groups is 1. The number of carboxylic acids is 1. The second-order valence-corrected chi connectivity index (χ2v) is 5.40. The minimum absolute atomic E-state index is 0.153. The van der Waals surface area contributed by atoms with Crippen LogP contribution in [0.2, 0.25) is 5.02 Å². The molecular weight excluding hydrogens is 300 g/mol. The third-order valence-corrected chi connectivity index (χ3v) is 3.57. The van der Waals surface area contributed by atoms with Crippen molar-refractivity contribution in [3.63, 3.8) is 0 Å². The van der Waals surface area contributed by atoms with Crippen molar-refractivity contribution in [2.24, 2.45) is 0 Å². The van der Waals surface area contributed by atoms with E-state index in [9.17, 15) is 9.90 Å². The molecule has 2 heterocycles. The zero-order valence-corrected chi connectivity index (χ0v) is 12.6. The molecule has 0 fully saturated rings. The van der Waals surface area contributed by atoms with E-state index < -0.39 is 5.97 Å². The van der Waals surface area contributed by atoms with E-state index in [1.54, 1.807) is 28.8 Å². The number of aromatic carboxylic acids is 1. The number of halogens is 1. The molecule has 0 spiro atoms. The van der Waals surface area contributed by atoms with Crippen LogP contribution in [-0.2, 0) is 0 Å². The minimum Gasteiger partial charge on any atom is -0.476 e. The van der Waals surface area contributed by atoms with Gasteiger partial charge in [-0.1, -0.05) is 29.8 Å². The van der Waals surface area contributed by atoms with Crippen molar-refractivity contribution >= 4 is 35.4 Å². The summed E-state index contributed by atoms with van der Waals surface area (Å²) in [4.78, 5) is 15.9. The van der Waals surface area contributed by atoms with Gasteiger partial charge in [0.15, 0.2) is 5.69 Å². The van der Waals surface area contributed by atoms with Gasteiger partial charge in [-0.15, -0.1) is 0 Å². The summed E-state index contributed by atoms with van der Waals surface area (Å²) in [5.74, 6) is -1.01. The SMILES string of the molecule is Cc1ccn2c(C(=O)O)c(/C=C/c3ccc(Cl)cc3)nc2c1. The van der Waals surface area contributed by atoms with E-state index in [-0.39, 0.29) is 5.69 Å². The molecule has 2 aromatic heterocycles. The Balaban J connectivity index is 2.07. The molecule has 0 atom stereocenters. The minimum atomic E-state index is -1.01. The van der Waals surface area contributed by atoms with E-state index >= 15 is 0 Å². The average molecular weight is 313 g/mol. The molecule has 22 heavy (non-hydrogen) atoms. The second-order valence-electron chi connectivity index (χ2n) is 4.97. The van der Waals surface area contributed by atoms with Crippen LogP contribution in [0.25, 0.3) is 17.8 Å². The van der Waals surface area contributed by atoms with E-state index in [1.807, 2.05) is 37.3 Å². The first-order valence-corrected chi connectivity index (χ1v) is 7.08. The van der Waals surface area contributed by atoms with Gasteiger partial charge >= 0.3 is 5.97 Å². The van der Waals surface area contributed by atoms with E-state index in [4.69, 9.17) is 11.6 Å². The zero-order valence-electron chi connectivity index (χ0n) is 11.8. The van der Waals surface area contributed by atoms with Crippen LogP contribution in [0.3, 0.4) is 0 Å². The summed E-state index contributed by atoms with van der Waals surface area (Å²) in [7, 11) is 0. The normalized spacial score (nSPS) is 11.4. The summed E-state index contributed by atoms with van der Waals surface area (Å²) in [6.45, 7) is 1.94. The lowest BCUT2D eigenvalue weighted by Gasteiger charge is -1.98. The number of rotatable bonds is 3. The highest BCUT2D eigenvalue weighted by Crippen LogP contribution is 2.18. The monoisotopic (exact) mass is 312 g/mol. The summed E-state index contributed by atoms with van der Waals surface area (Å²) in [5.41, 5.74) is 3.15. The van der Waals surface area contributed by atoms with Gasteiger partial charge in [-0.25, -0.2) is 9.78 Å². The molecule has 0 aliphatic rings. The fourth-order valence-electron chi connectivity index (χ4n) is 2.24. The molecule has 4 nitrogen and oxygen atoms in total. The van der Waals surface area contributed by atoms with E-state index in [0.717, 1.165) is 11.1 Å². The number of hydrogen-bond donors (Lipinski definition) is 1. The van der Waals surface area contributed by atoms with Crippen LogP contribution in [0.15, 0.2) is 42.6 Å². The Hall–Kier alpha value is -2.59. The maximum absolute atomic E-state index is 11.5. The average Bonchev–Trinajstić information content (AvgIpc) is 2.84. The molecule has 1 N–H and O–H groups in total. The lowest BCUT2D eigenvalue weighted by Crippen LogP contribution is -2.03. The van der Waals surface area contributed by atoms with Crippen LogP contribution >= 0.6 is 11.6 Å². The van der Waals surface area contributed by atoms with Gasteiger partial charge in [-0.05, 0) is 48.4 Å². The highest BCUT2D eigenvalue weighted by molar-refractivity contribution is 6.30. The predicted molar refractivity (Wildman–Crippen MR) is 87.3 cm³/mol. The van der Waals surface area contributed by atoms with Gasteiger partial charge in [0.1, 0.15) is 5.65 Å². The number of imidazole rings is 1. The first-order valence-electron chi connectivity index (χ1n) is 6.70. The molecule has 0 radical (unpaired) electrons. The molecule has 110 valence electrons. The Morgan fingerprint density at radius 2 is 1.95 bits per heavy atom. The Labute approximate surface area is 132 Å². The first kappa shape index (κ1) is 14.4. The standard InChI is InChI=1S/C17H13ClN2O2/c1-11-8-9-20-15(10-11)19-14(16(20)17(21)22)7-4-12-2-5-13(18)6-3-12/h2-10H,1H3,(H,21,22)/b7-4+. The van der Waals surface area contributed by atoms with Crippen molar-refractivity contribution < 1.29 is 9.90 Å². The van der Waals surface area contributed by atoms with Gasteiger partial charge in [0, 0.05) is 11.2 Å². The van der Waals surface area contributed by atoms with Gasteiger partial charge in [0.05, 0.1) is 5.69 Å². The van der Waals surface area contributed by atoms with Crippen LogP contribution in [0.1, 0.15) is 27.3 Å². The second kappa shape index (κ2) is 5.66. The zero-order chi connectivity index (χ0) is 15.7. The first-order chi connectivity index (χ1) is 10.5. The van der Waals surface area contributed by atoms with E-state index in [2.05, 4.69) is 4.98 Å². The molecule has 3 rings (SSSR count). The number of carboxylic acid groups (broad SMARTS) is 1. The largest absolute Gasteiger partial charge is 0.476 e. The summed E-state index contributed by atoms with van der Waals surface area (Å²) in [5, 5.41) is 10.1. The van der Waals surface area contributed by atoms with E-state index in [1.165, 1.54) is 0 Å². The van der Waals surface area contributed by atoms with Crippen molar-refractivity contribution in [1.29, 1.82) is 0 Å². The van der Waals surface area contributed by atoms with Crippen LogP contribution in [0.4, 0.5) is 0 Å². The van der Waals surface area contributed by atoms with E-state index in [0.29, 0.717) is 16.4 Å². The number of fused-ring (bicyclic) bond motifs is 1. The number of hydrogen-bond acceptors (Lipinski definition) is 2. The van der Waals surface area contributed by atoms with Crippen LogP contribution in [-0.4, -0.2) is 20.5 Å². The molecule has 3 aromatic rings. The molecule has 0 bridgehead atoms. The summed E-state index contributed by atoms with van der Waals surface area (Å²) < 4.78 is 1.58. The molecule has 0 amide bonds. The fraction of sp³-hybridized carbons (Fsp3) is 0.0588. The topological polar surface area (TPSA) is 54.6 Å². The van der Waals surface area contributed by atoms with Crippen LogP contribution in [0, 0.1) is 6.92 Å². The molecule has 0 saturated heterocycles. The van der Waals surface area contributed by atoms with Crippen molar-refractivity contribution in [3.8, 4) is 0 Å². The highest BCUT2D eigenvalue weighted by atomic mass is 35.5. The van der Waals surface area contributed by atoms with Gasteiger partial charge in [-0.2, -0.15) is 0 Å². The molecule has 5 heteroatoms. The molecule has 0 unspecified atom stereocenters. The van der Waals surface area contributed by atoms with Crippen molar-refractivity contribution in [2.75, 3.05) is 0 Å². The number of pyridine rings is 1. The Kier molecular flexibility index (Phi) is 3.69. The quantitative estimate of drug-likeness (QED) is 0.790. The Bertz CT molecular complexity index is 880. The number of aromatic nitrogens is 2. The van der Waals surface area contributed by atoms with Gasteiger partial charge in [0.2, 0.25) is 0 Å². The maximum atomic E-state index is 11.5. The van der Waals surface area contributed by atoms with Gasteiger partial charge in [0.25, 0.3) is 0 Å². The third-order valence-electron chi connectivity index (χ3n) is 3.31. The molecular formula is C17H13ClN2O2. The highest BCUT2D eigenvalue weighted by Gasteiger charge is 2.16. The summed E-state index contributed by atoms with van der Waals surface area (Å²) >= 11 is 5.85. The van der Waals surface area contributed by atoms with Gasteiger partial charge in [-0.3, -0.25) is 4.40 Å². The van der Waals surface area contributed by atoms with Gasteiger partial charge < -0.3 is 5.11 Å². The fourth-order valence-corrected chi connectivity index (χ4v) is 2.37. The predicted octanol–water partition coefficient (Wildman–Crippen LogP) is 4.16. The number of aryl methyl sites for hydroxylation is 1. The van der Waals surface area contributed by atoms with Crippen LogP contribution in [0.5, 0.6) is 0 Å². The van der Waals surface area contributed by atoms with Crippen LogP contribution < -0.4 is 0 Å². The number of benzene rings is 1. The third kappa shape index (κ3) is 2.73. The summed E-state index contributed by atoms with van der Waals surface area (Å²) in [6.07, 6.45) is 5.24. The molecule has 0 aliphatic carbocycles. The lowest BCUT2D eigenvalue weighted by molar-refractivity contribution is 0.0689. The Morgan fingerprint density at radius 3 is 2.64 bits per heavy atom. The molecule has 1 aromatic carbocycles. The molecule has 0 saturated carbocycles. The van der Waals surface area contributed by atoms with Crippen molar-refractivity contribution in [1.82, 2.24) is 9.38 Å². The Morgan fingerprint density at radius 1 is 1.23 bits per heavy atom. The van der Waals surface area contributed by atoms with Crippen molar-refractivity contribution in [2.45, 2.75) is 6.92 Å². The molecule has 0 aliphatic heterocycles. The van der Waals surface area contributed by atoms with Crippen molar-refractivity contribution in [3.05, 3.63) is 70.1 Å². The number of nitrogens with zero attached hydrogens (tertiary/aromatic N) is 2. The summed E-state index contributed by atoms with van der Waals surface area (Å²) in [6, 6.07) is 11.0. The maximum Gasteiger partial charge on any atom is 0.355 e. The lowest BCUT2D eigenvalue weighted by atomic mass is 10.2. The smallest absolute Gasteiger partial charge is 0.355 e.